The lowest BCUT2D eigenvalue weighted by molar-refractivity contribution is -0.340. The monoisotopic (exact) mass is 485 g/mol. The van der Waals surface area contributed by atoms with E-state index >= 15 is 0 Å². The van der Waals surface area contributed by atoms with Crippen LogP contribution in [0, 0.1) is 13.8 Å². The third-order valence-electron chi connectivity index (χ3n) is 6.08. The highest BCUT2D eigenvalue weighted by Gasteiger charge is 2.53. The SMILES string of the molecule is CC(=O)NC1C(Oc2cc(C)ccc2C)OC2COC(c3ccccc3)OC2C1OC(C)C(=O)O. The number of amides is 1. The van der Waals surface area contributed by atoms with E-state index in [-0.39, 0.29) is 12.5 Å². The quantitative estimate of drug-likeness (QED) is 0.616. The Morgan fingerprint density at radius 1 is 1.11 bits per heavy atom. The molecule has 35 heavy (non-hydrogen) atoms. The molecule has 2 aliphatic heterocycles. The Hall–Kier alpha value is -2.98. The van der Waals surface area contributed by atoms with Crippen molar-refractivity contribution in [3.63, 3.8) is 0 Å². The second kappa shape index (κ2) is 10.7. The summed E-state index contributed by atoms with van der Waals surface area (Å²) in [5.41, 5.74) is 2.69. The highest BCUT2D eigenvalue weighted by Crippen LogP contribution is 2.37. The van der Waals surface area contributed by atoms with E-state index in [1.807, 2.05) is 62.4 Å². The van der Waals surface area contributed by atoms with Gasteiger partial charge in [-0.15, -0.1) is 0 Å². The Bertz CT molecular complexity index is 1040. The molecule has 0 radical (unpaired) electrons. The lowest BCUT2D eigenvalue weighted by Gasteiger charge is -2.49. The summed E-state index contributed by atoms with van der Waals surface area (Å²) < 4.78 is 30.7. The Balaban J connectivity index is 1.67. The predicted molar refractivity (Wildman–Crippen MR) is 125 cm³/mol. The topological polar surface area (TPSA) is 113 Å². The number of nitrogens with one attached hydrogen (secondary N) is 1. The first kappa shape index (κ1) is 25.1. The van der Waals surface area contributed by atoms with Gasteiger partial charge in [-0.3, -0.25) is 4.79 Å². The van der Waals surface area contributed by atoms with E-state index in [4.69, 9.17) is 23.7 Å². The first-order chi connectivity index (χ1) is 16.7. The molecule has 4 rings (SSSR count). The summed E-state index contributed by atoms with van der Waals surface area (Å²) in [6.07, 6.45) is -5.02. The lowest BCUT2D eigenvalue weighted by Crippen LogP contribution is -2.68. The van der Waals surface area contributed by atoms with Gasteiger partial charge >= 0.3 is 5.97 Å². The summed E-state index contributed by atoms with van der Waals surface area (Å²) in [5, 5.41) is 12.4. The van der Waals surface area contributed by atoms with Crippen molar-refractivity contribution in [1.82, 2.24) is 5.32 Å². The van der Waals surface area contributed by atoms with Crippen molar-refractivity contribution in [1.29, 1.82) is 0 Å². The molecule has 2 N–H and O–H groups in total. The zero-order valence-electron chi connectivity index (χ0n) is 20.2. The number of carboxylic acid groups (broad SMARTS) is 1. The zero-order chi connectivity index (χ0) is 25.1. The Morgan fingerprint density at radius 3 is 2.54 bits per heavy atom. The van der Waals surface area contributed by atoms with Crippen LogP contribution in [0.3, 0.4) is 0 Å². The first-order valence-corrected chi connectivity index (χ1v) is 11.6. The smallest absolute Gasteiger partial charge is 0.332 e. The van der Waals surface area contributed by atoms with E-state index in [0.717, 1.165) is 16.7 Å². The average Bonchev–Trinajstić information content (AvgIpc) is 2.83. The molecule has 0 bridgehead atoms. The van der Waals surface area contributed by atoms with Crippen LogP contribution in [0.15, 0.2) is 48.5 Å². The maximum absolute atomic E-state index is 12.2. The van der Waals surface area contributed by atoms with Crippen LogP contribution in [-0.4, -0.2) is 60.3 Å². The number of rotatable bonds is 7. The fourth-order valence-corrected chi connectivity index (χ4v) is 4.25. The number of aryl methyl sites for hydroxylation is 2. The number of carboxylic acids is 1. The fraction of sp³-hybridized carbons (Fsp3) is 0.462. The fourth-order valence-electron chi connectivity index (χ4n) is 4.25. The van der Waals surface area contributed by atoms with Gasteiger partial charge in [0.25, 0.3) is 0 Å². The third-order valence-corrected chi connectivity index (χ3v) is 6.08. The lowest BCUT2D eigenvalue weighted by atomic mass is 9.95. The molecule has 0 saturated carbocycles. The van der Waals surface area contributed by atoms with Crippen LogP contribution >= 0.6 is 0 Å². The van der Waals surface area contributed by atoms with Crippen LogP contribution in [0.2, 0.25) is 0 Å². The number of carbonyl (C=O) groups is 2. The molecule has 2 heterocycles. The number of carbonyl (C=O) groups excluding carboxylic acids is 1. The zero-order valence-corrected chi connectivity index (χ0v) is 20.2. The minimum atomic E-state index is -1.15. The number of fused-ring (bicyclic) bond motifs is 1. The molecule has 7 atom stereocenters. The van der Waals surface area contributed by atoms with Crippen molar-refractivity contribution >= 4 is 11.9 Å². The highest BCUT2D eigenvalue weighted by atomic mass is 16.8. The van der Waals surface area contributed by atoms with E-state index in [1.54, 1.807) is 0 Å². The van der Waals surface area contributed by atoms with Gasteiger partial charge in [0.2, 0.25) is 12.2 Å². The van der Waals surface area contributed by atoms with Gasteiger partial charge < -0.3 is 34.1 Å². The van der Waals surface area contributed by atoms with Crippen LogP contribution in [-0.2, 0) is 28.5 Å². The molecule has 2 aromatic rings. The summed E-state index contributed by atoms with van der Waals surface area (Å²) in [6.45, 7) is 6.83. The molecule has 0 aromatic heterocycles. The van der Waals surface area contributed by atoms with Gasteiger partial charge in [0.1, 0.15) is 30.1 Å². The molecule has 0 spiro atoms. The van der Waals surface area contributed by atoms with Crippen LogP contribution in [0.1, 0.15) is 36.8 Å². The molecule has 9 heteroatoms. The van der Waals surface area contributed by atoms with Crippen LogP contribution in [0.25, 0.3) is 0 Å². The molecule has 7 unspecified atom stereocenters. The van der Waals surface area contributed by atoms with Crippen molar-refractivity contribution in [3.05, 3.63) is 65.2 Å². The first-order valence-electron chi connectivity index (χ1n) is 11.6. The second-order valence-electron chi connectivity index (χ2n) is 8.91. The second-order valence-corrected chi connectivity index (χ2v) is 8.91. The Kier molecular flexibility index (Phi) is 7.71. The molecule has 2 aliphatic rings. The van der Waals surface area contributed by atoms with Gasteiger partial charge in [-0.25, -0.2) is 4.79 Å². The van der Waals surface area contributed by atoms with Crippen LogP contribution < -0.4 is 10.1 Å². The van der Waals surface area contributed by atoms with E-state index in [0.29, 0.717) is 5.75 Å². The molecule has 188 valence electrons. The summed E-state index contributed by atoms with van der Waals surface area (Å²) in [6, 6.07) is 14.3. The normalized spacial score (nSPS) is 29.0. The molecular weight excluding hydrogens is 454 g/mol. The number of benzene rings is 2. The summed E-state index contributed by atoms with van der Waals surface area (Å²) >= 11 is 0. The van der Waals surface area contributed by atoms with Gasteiger partial charge in [0.05, 0.1) is 6.61 Å². The minimum Gasteiger partial charge on any atom is -0.479 e. The van der Waals surface area contributed by atoms with Gasteiger partial charge in [-0.2, -0.15) is 0 Å². The Morgan fingerprint density at radius 2 is 1.86 bits per heavy atom. The van der Waals surface area contributed by atoms with Crippen LogP contribution in [0.5, 0.6) is 5.75 Å². The number of hydrogen-bond acceptors (Lipinski definition) is 7. The van der Waals surface area contributed by atoms with Crippen molar-refractivity contribution in [2.24, 2.45) is 0 Å². The maximum Gasteiger partial charge on any atom is 0.332 e. The molecule has 2 aromatic carbocycles. The molecule has 9 nitrogen and oxygen atoms in total. The molecule has 2 saturated heterocycles. The van der Waals surface area contributed by atoms with E-state index in [2.05, 4.69) is 5.32 Å². The van der Waals surface area contributed by atoms with E-state index in [1.165, 1.54) is 13.8 Å². The molecular formula is C26H31NO8. The van der Waals surface area contributed by atoms with Crippen molar-refractivity contribution < 1.29 is 38.4 Å². The van der Waals surface area contributed by atoms with Crippen molar-refractivity contribution in [2.45, 2.75) is 70.7 Å². The highest BCUT2D eigenvalue weighted by molar-refractivity contribution is 5.73. The Labute approximate surface area is 204 Å². The van der Waals surface area contributed by atoms with E-state index in [9.17, 15) is 14.7 Å². The van der Waals surface area contributed by atoms with Crippen molar-refractivity contribution in [2.75, 3.05) is 6.61 Å². The standard InChI is InChI=1S/C26H31NO8/c1-14-10-11-15(2)19(12-14)33-26-21(27-17(4)28)23(32-16(3)24(29)30)22-20(34-26)13-31-25(35-22)18-8-6-5-7-9-18/h5-12,16,20-23,25-26H,13H2,1-4H3,(H,27,28)(H,29,30). The third kappa shape index (κ3) is 5.82. The molecule has 0 aliphatic carbocycles. The molecule has 1 amide bonds. The van der Waals surface area contributed by atoms with Crippen molar-refractivity contribution in [3.8, 4) is 5.75 Å². The number of aliphatic carboxylic acids is 1. The average molecular weight is 486 g/mol. The molecule has 2 fully saturated rings. The summed E-state index contributed by atoms with van der Waals surface area (Å²) in [4.78, 5) is 23.8. The number of hydrogen-bond donors (Lipinski definition) is 2. The largest absolute Gasteiger partial charge is 0.479 e. The van der Waals surface area contributed by atoms with Gasteiger partial charge in [-0.05, 0) is 38.0 Å². The van der Waals surface area contributed by atoms with Gasteiger partial charge in [-0.1, -0.05) is 42.5 Å². The summed E-state index contributed by atoms with van der Waals surface area (Å²) in [7, 11) is 0. The maximum atomic E-state index is 12.2. The van der Waals surface area contributed by atoms with Crippen LogP contribution in [0.4, 0.5) is 0 Å². The van der Waals surface area contributed by atoms with E-state index < -0.39 is 49.0 Å². The number of ether oxygens (including phenoxy) is 5. The summed E-state index contributed by atoms with van der Waals surface area (Å²) in [5.74, 6) is -0.878. The van der Waals surface area contributed by atoms with Gasteiger partial charge in [0.15, 0.2) is 12.4 Å². The minimum absolute atomic E-state index is 0.172. The predicted octanol–water partition coefficient (Wildman–Crippen LogP) is 2.88. The van der Waals surface area contributed by atoms with Gasteiger partial charge in [0, 0.05) is 12.5 Å².